The van der Waals surface area contributed by atoms with E-state index in [9.17, 15) is 0 Å². The number of hydrogen-bond donors (Lipinski definition) is 1. The number of aryl methyl sites for hydroxylation is 1. The maximum absolute atomic E-state index is 6.30. The van der Waals surface area contributed by atoms with Crippen LogP contribution in [0.2, 0.25) is 0 Å². The number of nitrogens with zero attached hydrogens (tertiary/aromatic N) is 1. The van der Waals surface area contributed by atoms with E-state index in [1.54, 1.807) is 0 Å². The molecule has 0 aromatic heterocycles. The summed E-state index contributed by atoms with van der Waals surface area (Å²) in [6, 6.07) is 9.64. The molecular weight excluding hydrogens is 220 g/mol. The van der Waals surface area contributed by atoms with Crippen molar-refractivity contribution in [1.82, 2.24) is 4.90 Å². The van der Waals surface area contributed by atoms with E-state index in [-0.39, 0.29) is 6.04 Å². The zero-order chi connectivity index (χ0) is 13.0. The van der Waals surface area contributed by atoms with Gasteiger partial charge in [0.2, 0.25) is 0 Å². The monoisotopic (exact) mass is 246 g/mol. The fourth-order valence-electron chi connectivity index (χ4n) is 2.58. The highest BCUT2D eigenvalue weighted by Gasteiger charge is 2.28. The van der Waals surface area contributed by atoms with Crippen LogP contribution < -0.4 is 5.73 Å². The molecule has 0 bridgehead atoms. The topological polar surface area (TPSA) is 29.3 Å². The quantitative estimate of drug-likeness (QED) is 0.800. The van der Waals surface area contributed by atoms with Crippen LogP contribution in [-0.2, 0) is 0 Å². The molecule has 100 valence electrons. The Morgan fingerprint density at radius 3 is 2.72 bits per heavy atom. The van der Waals surface area contributed by atoms with E-state index in [2.05, 4.69) is 43.0 Å². The summed E-state index contributed by atoms with van der Waals surface area (Å²) in [7, 11) is 0. The molecule has 0 spiro atoms. The zero-order valence-corrected chi connectivity index (χ0v) is 11.7. The third kappa shape index (κ3) is 3.82. The summed E-state index contributed by atoms with van der Waals surface area (Å²) in [6.07, 6.45) is 5.09. The van der Waals surface area contributed by atoms with Gasteiger partial charge in [-0.05, 0) is 44.7 Å². The fourth-order valence-corrected chi connectivity index (χ4v) is 2.58. The van der Waals surface area contributed by atoms with Crippen molar-refractivity contribution in [2.75, 3.05) is 13.1 Å². The molecular formula is C16H26N2. The minimum Gasteiger partial charge on any atom is -0.324 e. The van der Waals surface area contributed by atoms with Gasteiger partial charge in [-0.15, -0.1) is 0 Å². The summed E-state index contributed by atoms with van der Waals surface area (Å²) in [5.74, 6) is 0. The Hall–Kier alpha value is -0.860. The van der Waals surface area contributed by atoms with Crippen LogP contribution >= 0.6 is 0 Å². The van der Waals surface area contributed by atoms with Crippen LogP contribution in [-0.4, -0.2) is 24.0 Å². The molecule has 1 fully saturated rings. The average molecular weight is 246 g/mol. The van der Waals surface area contributed by atoms with Gasteiger partial charge < -0.3 is 10.6 Å². The minimum atomic E-state index is 0.183. The van der Waals surface area contributed by atoms with E-state index in [1.165, 1.54) is 36.9 Å². The van der Waals surface area contributed by atoms with Crippen LogP contribution in [0.5, 0.6) is 0 Å². The second-order valence-electron chi connectivity index (χ2n) is 5.58. The molecule has 0 amide bonds. The highest BCUT2D eigenvalue weighted by Crippen LogP contribution is 2.28. The predicted octanol–water partition coefficient (Wildman–Crippen LogP) is 3.26. The van der Waals surface area contributed by atoms with Crippen molar-refractivity contribution in [2.45, 2.75) is 51.6 Å². The molecule has 1 aromatic carbocycles. The molecule has 0 saturated heterocycles. The third-order valence-electron chi connectivity index (χ3n) is 3.77. The lowest BCUT2D eigenvalue weighted by Crippen LogP contribution is -2.30. The molecule has 1 aromatic rings. The maximum Gasteiger partial charge on any atom is 0.0307 e. The van der Waals surface area contributed by atoms with Crippen molar-refractivity contribution in [3.05, 3.63) is 35.4 Å². The molecule has 2 nitrogen and oxygen atoms in total. The summed E-state index contributed by atoms with van der Waals surface area (Å²) in [4.78, 5) is 2.62. The summed E-state index contributed by atoms with van der Waals surface area (Å²) >= 11 is 0. The Morgan fingerprint density at radius 1 is 1.33 bits per heavy atom. The standard InChI is InChI=1S/C16H26N2/c1-3-10-18(15-7-8-15)11-9-16(17)14-6-4-5-13(2)12-14/h4-6,12,15-16H,3,7-11,17H2,1-2H3. The molecule has 0 aliphatic heterocycles. The average Bonchev–Trinajstić information content (AvgIpc) is 3.18. The SMILES string of the molecule is CCCN(CCC(N)c1cccc(C)c1)C1CC1. The highest BCUT2D eigenvalue weighted by atomic mass is 15.2. The Balaban J connectivity index is 1.84. The normalized spacial score (nSPS) is 17.1. The number of nitrogens with two attached hydrogens (primary N) is 1. The molecule has 1 saturated carbocycles. The van der Waals surface area contributed by atoms with Gasteiger partial charge in [0.15, 0.2) is 0 Å². The van der Waals surface area contributed by atoms with Gasteiger partial charge in [-0.2, -0.15) is 0 Å². The van der Waals surface area contributed by atoms with Gasteiger partial charge in [0.05, 0.1) is 0 Å². The second-order valence-corrected chi connectivity index (χ2v) is 5.58. The van der Waals surface area contributed by atoms with Crippen molar-refractivity contribution >= 4 is 0 Å². The zero-order valence-electron chi connectivity index (χ0n) is 11.7. The van der Waals surface area contributed by atoms with Gasteiger partial charge in [-0.1, -0.05) is 36.8 Å². The van der Waals surface area contributed by atoms with Crippen LogP contribution in [0.15, 0.2) is 24.3 Å². The Morgan fingerprint density at radius 2 is 2.11 bits per heavy atom. The first-order valence-corrected chi connectivity index (χ1v) is 7.27. The van der Waals surface area contributed by atoms with Gasteiger partial charge in [0.25, 0.3) is 0 Å². The van der Waals surface area contributed by atoms with Crippen LogP contribution in [0, 0.1) is 6.92 Å². The molecule has 0 radical (unpaired) electrons. The number of benzene rings is 1. The van der Waals surface area contributed by atoms with Crippen molar-refractivity contribution in [1.29, 1.82) is 0 Å². The molecule has 1 aliphatic carbocycles. The number of hydrogen-bond acceptors (Lipinski definition) is 2. The van der Waals surface area contributed by atoms with Gasteiger partial charge in [-0.25, -0.2) is 0 Å². The Labute approximate surface area is 111 Å². The fraction of sp³-hybridized carbons (Fsp3) is 0.625. The van der Waals surface area contributed by atoms with Crippen LogP contribution in [0.1, 0.15) is 49.8 Å². The smallest absolute Gasteiger partial charge is 0.0307 e. The van der Waals surface area contributed by atoms with Gasteiger partial charge in [0.1, 0.15) is 0 Å². The lowest BCUT2D eigenvalue weighted by atomic mass is 10.0. The maximum atomic E-state index is 6.30. The van der Waals surface area contributed by atoms with E-state index in [1.807, 2.05) is 0 Å². The first kappa shape index (κ1) is 13.6. The van der Waals surface area contributed by atoms with E-state index in [0.29, 0.717) is 0 Å². The van der Waals surface area contributed by atoms with E-state index >= 15 is 0 Å². The summed E-state index contributed by atoms with van der Waals surface area (Å²) in [5, 5.41) is 0. The van der Waals surface area contributed by atoms with Crippen molar-refractivity contribution < 1.29 is 0 Å². The van der Waals surface area contributed by atoms with Crippen LogP contribution in [0.3, 0.4) is 0 Å². The van der Waals surface area contributed by atoms with Crippen molar-refractivity contribution in [3.8, 4) is 0 Å². The lowest BCUT2D eigenvalue weighted by molar-refractivity contribution is 0.253. The second kappa shape index (κ2) is 6.35. The van der Waals surface area contributed by atoms with Gasteiger partial charge >= 0.3 is 0 Å². The Bertz CT molecular complexity index is 371. The summed E-state index contributed by atoms with van der Waals surface area (Å²) < 4.78 is 0. The predicted molar refractivity (Wildman–Crippen MR) is 77.6 cm³/mol. The molecule has 2 N–H and O–H groups in total. The van der Waals surface area contributed by atoms with E-state index in [4.69, 9.17) is 5.73 Å². The highest BCUT2D eigenvalue weighted by molar-refractivity contribution is 5.24. The molecule has 0 heterocycles. The van der Waals surface area contributed by atoms with E-state index < -0.39 is 0 Å². The number of rotatable bonds is 7. The van der Waals surface area contributed by atoms with Gasteiger partial charge in [-0.3, -0.25) is 0 Å². The molecule has 1 unspecified atom stereocenters. The first-order chi connectivity index (χ1) is 8.70. The summed E-state index contributed by atoms with van der Waals surface area (Å²) in [6.45, 7) is 6.76. The third-order valence-corrected chi connectivity index (χ3v) is 3.77. The molecule has 1 aliphatic rings. The molecule has 18 heavy (non-hydrogen) atoms. The van der Waals surface area contributed by atoms with Crippen molar-refractivity contribution in [2.24, 2.45) is 5.73 Å². The van der Waals surface area contributed by atoms with E-state index in [0.717, 1.165) is 19.0 Å². The minimum absolute atomic E-state index is 0.183. The van der Waals surface area contributed by atoms with Crippen LogP contribution in [0.25, 0.3) is 0 Å². The van der Waals surface area contributed by atoms with Crippen molar-refractivity contribution in [3.63, 3.8) is 0 Å². The summed E-state index contributed by atoms with van der Waals surface area (Å²) in [5.41, 5.74) is 8.88. The van der Waals surface area contributed by atoms with Gasteiger partial charge in [0, 0.05) is 18.6 Å². The Kier molecular flexibility index (Phi) is 4.79. The lowest BCUT2D eigenvalue weighted by Gasteiger charge is -2.23. The largest absolute Gasteiger partial charge is 0.324 e. The molecule has 2 heteroatoms. The first-order valence-electron chi connectivity index (χ1n) is 7.27. The molecule has 1 atom stereocenters. The molecule has 2 rings (SSSR count). The van der Waals surface area contributed by atoms with Crippen LogP contribution in [0.4, 0.5) is 0 Å².